The first-order valence-corrected chi connectivity index (χ1v) is 8.39. The molecule has 0 atom stereocenters. The SMILES string of the molecule is CC1=NN(c2cccc(C(F)(F)F)c2)C(=O)/C1=C/c1ccccc1OCC(=O)O. The van der Waals surface area contributed by atoms with Crippen LogP contribution in [0.1, 0.15) is 18.1 Å². The molecular weight excluding hydrogens is 389 g/mol. The molecule has 29 heavy (non-hydrogen) atoms. The first-order chi connectivity index (χ1) is 13.7. The van der Waals surface area contributed by atoms with Crippen molar-refractivity contribution in [2.45, 2.75) is 13.1 Å². The number of nitrogens with zero attached hydrogens (tertiary/aromatic N) is 2. The Kier molecular flexibility index (Phi) is 5.40. The van der Waals surface area contributed by atoms with Gasteiger partial charge in [0.1, 0.15) is 5.75 Å². The number of hydrazone groups is 1. The normalized spacial score (nSPS) is 15.6. The highest BCUT2D eigenvalue weighted by molar-refractivity contribution is 6.32. The zero-order valence-electron chi connectivity index (χ0n) is 15.1. The third-order valence-corrected chi connectivity index (χ3v) is 4.05. The van der Waals surface area contributed by atoms with E-state index in [1.807, 2.05) is 0 Å². The molecule has 0 aromatic heterocycles. The highest BCUT2D eigenvalue weighted by Crippen LogP contribution is 2.33. The molecule has 0 bridgehead atoms. The molecule has 3 rings (SSSR count). The van der Waals surface area contributed by atoms with E-state index in [0.717, 1.165) is 17.1 Å². The molecule has 0 aliphatic carbocycles. The lowest BCUT2D eigenvalue weighted by atomic mass is 10.1. The fourth-order valence-electron chi connectivity index (χ4n) is 2.70. The number of aliphatic carboxylic acids is 1. The van der Waals surface area contributed by atoms with E-state index in [1.165, 1.54) is 18.2 Å². The van der Waals surface area contributed by atoms with E-state index in [-0.39, 0.29) is 17.0 Å². The van der Waals surface area contributed by atoms with Gasteiger partial charge in [0.05, 0.1) is 22.5 Å². The molecule has 0 fully saturated rings. The van der Waals surface area contributed by atoms with Gasteiger partial charge in [-0.25, -0.2) is 4.79 Å². The number of amides is 1. The average molecular weight is 404 g/mol. The number of halogens is 3. The second kappa shape index (κ2) is 7.78. The quantitative estimate of drug-likeness (QED) is 0.765. The molecule has 9 heteroatoms. The molecule has 0 saturated carbocycles. The maximum absolute atomic E-state index is 13.0. The number of carboxylic acid groups (broad SMARTS) is 1. The van der Waals surface area contributed by atoms with Gasteiger partial charge in [-0.05, 0) is 37.3 Å². The number of carbonyl (C=O) groups excluding carboxylic acids is 1. The van der Waals surface area contributed by atoms with Gasteiger partial charge in [-0.1, -0.05) is 24.3 Å². The van der Waals surface area contributed by atoms with Crippen molar-refractivity contribution in [3.05, 3.63) is 65.2 Å². The van der Waals surface area contributed by atoms with Gasteiger partial charge < -0.3 is 9.84 Å². The Hall–Kier alpha value is -3.62. The molecule has 1 aliphatic heterocycles. The van der Waals surface area contributed by atoms with Crippen molar-refractivity contribution in [2.24, 2.45) is 5.10 Å². The number of carboxylic acids is 1. The first kappa shape index (κ1) is 20.1. The molecule has 0 spiro atoms. The summed E-state index contributed by atoms with van der Waals surface area (Å²) in [6.45, 7) is 0.996. The fourth-order valence-corrected chi connectivity index (χ4v) is 2.70. The molecule has 0 radical (unpaired) electrons. The van der Waals surface area contributed by atoms with Crippen molar-refractivity contribution >= 4 is 29.4 Å². The highest BCUT2D eigenvalue weighted by Gasteiger charge is 2.33. The molecule has 6 nitrogen and oxygen atoms in total. The van der Waals surface area contributed by atoms with E-state index in [9.17, 15) is 22.8 Å². The molecule has 2 aromatic rings. The minimum absolute atomic E-state index is 0.0111. The van der Waals surface area contributed by atoms with Crippen molar-refractivity contribution in [1.29, 1.82) is 0 Å². The molecule has 0 saturated heterocycles. The van der Waals surface area contributed by atoms with Gasteiger partial charge >= 0.3 is 12.1 Å². The minimum atomic E-state index is -4.55. The zero-order chi connectivity index (χ0) is 21.2. The van der Waals surface area contributed by atoms with E-state index in [0.29, 0.717) is 11.3 Å². The van der Waals surface area contributed by atoms with Crippen molar-refractivity contribution in [1.82, 2.24) is 0 Å². The van der Waals surface area contributed by atoms with Crippen LogP contribution in [0.4, 0.5) is 18.9 Å². The summed E-state index contributed by atoms with van der Waals surface area (Å²) in [7, 11) is 0. The molecule has 1 amide bonds. The number of para-hydroxylation sites is 1. The van der Waals surface area contributed by atoms with Gasteiger partial charge in [-0.15, -0.1) is 0 Å². The third kappa shape index (κ3) is 4.45. The van der Waals surface area contributed by atoms with Crippen LogP contribution in [0.2, 0.25) is 0 Å². The maximum atomic E-state index is 13.0. The summed E-state index contributed by atoms with van der Waals surface area (Å²) < 4.78 is 44.1. The summed E-state index contributed by atoms with van der Waals surface area (Å²) in [5.41, 5.74) is 0.00950. The Morgan fingerprint density at radius 1 is 1.21 bits per heavy atom. The summed E-state index contributed by atoms with van der Waals surface area (Å²) in [5.74, 6) is -1.51. The van der Waals surface area contributed by atoms with Crippen LogP contribution < -0.4 is 9.75 Å². The van der Waals surface area contributed by atoms with E-state index in [2.05, 4.69) is 5.10 Å². The lowest BCUT2D eigenvalue weighted by Gasteiger charge is -2.14. The van der Waals surface area contributed by atoms with Crippen LogP contribution in [0.15, 0.2) is 59.2 Å². The van der Waals surface area contributed by atoms with Crippen LogP contribution in [-0.4, -0.2) is 29.3 Å². The number of anilines is 1. The molecule has 2 aromatic carbocycles. The van der Waals surface area contributed by atoms with Crippen molar-refractivity contribution in [3.63, 3.8) is 0 Å². The molecule has 0 unspecified atom stereocenters. The summed E-state index contributed by atoms with van der Waals surface area (Å²) >= 11 is 0. The van der Waals surface area contributed by atoms with Crippen molar-refractivity contribution in [2.75, 3.05) is 11.6 Å². The lowest BCUT2D eigenvalue weighted by Crippen LogP contribution is -2.21. The fraction of sp³-hybridized carbons (Fsp3) is 0.150. The standard InChI is InChI=1S/C20H15F3N2O4/c1-12-16(9-13-5-2-3-8-17(13)29-11-18(26)27)19(28)25(24-12)15-7-4-6-14(10-15)20(21,22)23/h2-10H,11H2,1H3,(H,26,27)/b16-9+. The van der Waals surface area contributed by atoms with E-state index >= 15 is 0 Å². The van der Waals surface area contributed by atoms with Crippen LogP contribution in [0.3, 0.4) is 0 Å². The van der Waals surface area contributed by atoms with Gasteiger partial charge in [-0.3, -0.25) is 4.79 Å². The number of ether oxygens (including phenoxy) is 1. The number of carbonyl (C=O) groups is 2. The van der Waals surface area contributed by atoms with Crippen molar-refractivity contribution < 1.29 is 32.6 Å². The van der Waals surface area contributed by atoms with Gasteiger partial charge in [0, 0.05) is 5.56 Å². The van der Waals surface area contributed by atoms with Crippen LogP contribution >= 0.6 is 0 Å². The second-order valence-corrected chi connectivity index (χ2v) is 6.13. The zero-order valence-corrected chi connectivity index (χ0v) is 15.1. The second-order valence-electron chi connectivity index (χ2n) is 6.13. The maximum Gasteiger partial charge on any atom is 0.416 e. The lowest BCUT2D eigenvalue weighted by molar-refractivity contribution is -0.139. The van der Waals surface area contributed by atoms with Crippen LogP contribution in [0.25, 0.3) is 6.08 Å². The van der Waals surface area contributed by atoms with E-state index in [4.69, 9.17) is 9.84 Å². The Bertz CT molecular complexity index is 1030. The monoisotopic (exact) mass is 404 g/mol. The van der Waals surface area contributed by atoms with Crippen LogP contribution in [0.5, 0.6) is 5.75 Å². The minimum Gasteiger partial charge on any atom is -0.481 e. The van der Waals surface area contributed by atoms with Crippen LogP contribution in [0, 0.1) is 0 Å². The summed E-state index contributed by atoms with van der Waals surface area (Å²) in [4.78, 5) is 23.5. The molecule has 1 aliphatic rings. The summed E-state index contributed by atoms with van der Waals surface area (Å²) in [6.07, 6.45) is -3.08. The van der Waals surface area contributed by atoms with Crippen molar-refractivity contribution in [3.8, 4) is 5.75 Å². The first-order valence-electron chi connectivity index (χ1n) is 8.39. The summed E-state index contributed by atoms with van der Waals surface area (Å²) in [5, 5.41) is 13.7. The number of rotatable bonds is 5. The van der Waals surface area contributed by atoms with Crippen LogP contribution in [-0.2, 0) is 15.8 Å². The van der Waals surface area contributed by atoms with E-state index < -0.39 is 30.2 Å². The van der Waals surface area contributed by atoms with Gasteiger partial charge in [0.25, 0.3) is 5.91 Å². The smallest absolute Gasteiger partial charge is 0.416 e. The largest absolute Gasteiger partial charge is 0.481 e. The van der Waals surface area contributed by atoms with Gasteiger partial charge in [-0.2, -0.15) is 23.3 Å². The predicted molar refractivity (Wildman–Crippen MR) is 99.6 cm³/mol. The van der Waals surface area contributed by atoms with Gasteiger partial charge in [0.2, 0.25) is 0 Å². The number of alkyl halides is 3. The number of hydrogen-bond acceptors (Lipinski definition) is 4. The average Bonchev–Trinajstić information content (AvgIpc) is 2.95. The molecule has 1 heterocycles. The Morgan fingerprint density at radius 2 is 1.93 bits per heavy atom. The van der Waals surface area contributed by atoms with E-state index in [1.54, 1.807) is 31.2 Å². The predicted octanol–water partition coefficient (Wildman–Crippen LogP) is 3.97. The topological polar surface area (TPSA) is 79.2 Å². The summed E-state index contributed by atoms with van der Waals surface area (Å²) in [6, 6.07) is 10.8. The molecule has 150 valence electrons. The van der Waals surface area contributed by atoms with Gasteiger partial charge in [0.15, 0.2) is 6.61 Å². The number of benzene rings is 2. The highest BCUT2D eigenvalue weighted by atomic mass is 19.4. The Morgan fingerprint density at radius 3 is 2.62 bits per heavy atom. The Balaban J connectivity index is 1.93. The Labute approximate surface area is 163 Å². The third-order valence-electron chi connectivity index (χ3n) is 4.05. The molecular formula is C20H15F3N2O4. The number of hydrogen-bond donors (Lipinski definition) is 1. The molecule has 1 N–H and O–H groups in total.